The first-order chi connectivity index (χ1) is 13.0. The summed E-state index contributed by atoms with van der Waals surface area (Å²) in [5.74, 6) is -0.667. The van der Waals surface area contributed by atoms with Crippen molar-refractivity contribution >= 4 is 52.2 Å². The predicted octanol–water partition coefficient (Wildman–Crippen LogP) is 5.01. The third-order valence-electron chi connectivity index (χ3n) is 3.57. The SMILES string of the molecule is Cc1nc(/C=C/C(=O)Nc2ccccc2C(=O)Nc2ccc(Cl)cc2)cs1. The number of aromatic nitrogens is 1. The summed E-state index contributed by atoms with van der Waals surface area (Å²) in [6.45, 7) is 1.90. The molecule has 5 nitrogen and oxygen atoms in total. The van der Waals surface area contributed by atoms with Crippen molar-refractivity contribution in [2.75, 3.05) is 10.6 Å². The van der Waals surface area contributed by atoms with Gasteiger partial charge < -0.3 is 10.6 Å². The fourth-order valence-corrected chi connectivity index (χ4v) is 3.02. The number of anilines is 2. The fraction of sp³-hybridized carbons (Fsp3) is 0.0500. The number of carbonyl (C=O) groups excluding carboxylic acids is 2. The topological polar surface area (TPSA) is 71.1 Å². The third-order valence-corrected chi connectivity index (χ3v) is 4.62. The standard InChI is InChI=1S/C20H16ClN3O2S/c1-13-22-16(12-27-13)10-11-19(25)24-18-5-3-2-4-17(18)20(26)23-15-8-6-14(21)7-9-15/h2-12H,1H3,(H,23,26)(H,24,25)/b11-10+. The molecule has 3 rings (SSSR count). The van der Waals surface area contributed by atoms with Crippen molar-refractivity contribution in [3.63, 3.8) is 0 Å². The fourth-order valence-electron chi connectivity index (χ4n) is 2.31. The lowest BCUT2D eigenvalue weighted by molar-refractivity contribution is -0.111. The number of nitrogens with zero attached hydrogens (tertiary/aromatic N) is 1. The molecule has 2 aromatic carbocycles. The molecule has 0 saturated heterocycles. The van der Waals surface area contributed by atoms with Crippen molar-refractivity contribution in [3.05, 3.63) is 81.3 Å². The van der Waals surface area contributed by atoms with Crippen LogP contribution in [0.2, 0.25) is 5.02 Å². The maximum absolute atomic E-state index is 12.6. The van der Waals surface area contributed by atoms with Crippen LogP contribution in [0.15, 0.2) is 60.0 Å². The van der Waals surface area contributed by atoms with Gasteiger partial charge in [-0.05, 0) is 49.4 Å². The van der Waals surface area contributed by atoms with Crippen LogP contribution in [-0.2, 0) is 4.79 Å². The molecular formula is C20H16ClN3O2S. The van der Waals surface area contributed by atoms with E-state index in [0.29, 0.717) is 22.0 Å². The molecule has 2 amide bonds. The average Bonchev–Trinajstić information content (AvgIpc) is 3.08. The molecule has 1 heterocycles. The van der Waals surface area contributed by atoms with Crippen LogP contribution in [0.5, 0.6) is 0 Å². The smallest absolute Gasteiger partial charge is 0.257 e. The molecule has 0 aliphatic heterocycles. The summed E-state index contributed by atoms with van der Waals surface area (Å²) in [4.78, 5) is 29.0. The van der Waals surface area contributed by atoms with E-state index in [1.54, 1.807) is 54.6 Å². The lowest BCUT2D eigenvalue weighted by Gasteiger charge is -2.10. The van der Waals surface area contributed by atoms with Crippen LogP contribution in [0.25, 0.3) is 6.08 Å². The summed E-state index contributed by atoms with van der Waals surface area (Å²) in [7, 11) is 0. The Kier molecular flexibility index (Phi) is 6.01. The van der Waals surface area contributed by atoms with Gasteiger partial charge in [-0.3, -0.25) is 9.59 Å². The summed E-state index contributed by atoms with van der Waals surface area (Å²) in [6.07, 6.45) is 3.03. The van der Waals surface area contributed by atoms with Crippen LogP contribution in [-0.4, -0.2) is 16.8 Å². The molecule has 0 aliphatic carbocycles. The molecule has 7 heteroatoms. The highest BCUT2D eigenvalue weighted by molar-refractivity contribution is 7.09. The normalized spacial score (nSPS) is 10.7. The molecule has 0 fully saturated rings. The molecule has 2 N–H and O–H groups in total. The van der Waals surface area contributed by atoms with E-state index in [0.717, 1.165) is 10.7 Å². The van der Waals surface area contributed by atoms with Crippen molar-refractivity contribution in [2.45, 2.75) is 6.92 Å². The quantitative estimate of drug-likeness (QED) is 0.594. The first kappa shape index (κ1) is 18.8. The van der Waals surface area contributed by atoms with E-state index in [1.807, 2.05) is 12.3 Å². The van der Waals surface area contributed by atoms with Crippen LogP contribution < -0.4 is 10.6 Å². The minimum absolute atomic E-state index is 0.327. The van der Waals surface area contributed by atoms with Crippen LogP contribution in [0.4, 0.5) is 11.4 Å². The number of aryl methyl sites for hydroxylation is 1. The summed E-state index contributed by atoms with van der Waals surface area (Å²) in [5, 5.41) is 8.90. The zero-order valence-corrected chi connectivity index (χ0v) is 16.0. The Morgan fingerprint density at radius 3 is 2.52 bits per heavy atom. The van der Waals surface area contributed by atoms with Gasteiger partial charge in [0.15, 0.2) is 0 Å². The van der Waals surface area contributed by atoms with Gasteiger partial charge in [0.05, 0.1) is 22.0 Å². The second-order valence-corrected chi connectivity index (χ2v) is 7.12. The number of para-hydroxylation sites is 1. The minimum atomic E-state index is -0.340. The van der Waals surface area contributed by atoms with Gasteiger partial charge in [-0.15, -0.1) is 11.3 Å². The highest BCUT2D eigenvalue weighted by Gasteiger charge is 2.12. The maximum atomic E-state index is 12.6. The van der Waals surface area contributed by atoms with E-state index in [2.05, 4.69) is 15.6 Å². The van der Waals surface area contributed by atoms with E-state index >= 15 is 0 Å². The summed E-state index contributed by atoms with van der Waals surface area (Å²) in [6, 6.07) is 13.6. The highest BCUT2D eigenvalue weighted by atomic mass is 35.5. The Labute approximate surface area is 165 Å². The van der Waals surface area contributed by atoms with E-state index in [-0.39, 0.29) is 11.8 Å². The van der Waals surface area contributed by atoms with E-state index in [1.165, 1.54) is 17.4 Å². The second-order valence-electron chi connectivity index (χ2n) is 5.62. The molecule has 1 aromatic heterocycles. The molecule has 136 valence electrons. The lowest BCUT2D eigenvalue weighted by atomic mass is 10.1. The molecule has 0 aliphatic rings. The number of thiazole rings is 1. The van der Waals surface area contributed by atoms with Gasteiger partial charge in [0, 0.05) is 22.2 Å². The number of hydrogen-bond acceptors (Lipinski definition) is 4. The monoisotopic (exact) mass is 397 g/mol. The van der Waals surface area contributed by atoms with Gasteiger partial charge in [0.2, 0.25) is 5.91 Å². The van der Waals surface area contributed by atoms with Gasteiger partial charge in [0.1, 0.15) is 0 Å². The van der Waals surface area contributed by atoms with Crippen LogP contribution in [0.3, 0.4) is 0 Å². The Bertz CT molecular complexity index is 996. The lowest BCUT2D eigenvalue weighted by Crippen LogP contribution is -2.17. The zero-order valence-electron chi connectivity index (χ0n) is 14.4. The third kappa shape index (κ3) is 5.26. The molecule has 0 unspecified atom stereocenters. The van der Waals surface area contributed by atoms with Crippen molar-refractivity contribution in [2.24, 2.45) is 0 Å². The van der Waals surface area contributed by atoms with Crippen molar-refractivity contribution in [1.82, 2.24) is 4.98 Å². The molecule has 27 heavy (non-hydrogen) atoms. The van der Waals surface area contributed by atoms with Crippen molar-refractivity contribution in [3.8, 4) is 0 Å². The molecule has 0 bridgehead atoms. The molecular weight excluding hydrogens is 382 g/mol. The Morgan fingerprint density at radius 2 is 1.81 bits per heavy atom. The molecule has 3 aromatic rings. The Balaban J connectivity index is 1.71. The zero-order chi connectivity index (χ0) is 19.2. The van der Waals surface area contributed by atoms with Crippen LogP contribution in [0, 0.1) is 6.92 Å². The Hall–Kier alpha value is -2.96. The second kappa shape index (κ2) is 8.62. The molecule has 0 radical (unpaired) electrons. The largest absolute Gasteiger partial charge is 0.322 e. The number of benzene rings is 2. The van der Waals surface area contributed by atoms with Gasteiger partial charge in [-0.1, -0.05) is 23.7 Å². The summed E-state index contributed by atoms with van der Waals surface area (Å²) < 4.78 is 0. The number of amides is 2. The van der Waals surface area contributed by atoms with Gasteiger partial charge in [-0.25, -0.2) is 4.98 Å². The van der Waals surface area contributed by atoms with E-state index in [4.69, 9.17) is 11.6 Å². The van der Waals surface area contributed by atoms with E-state index in [9.17, 15) is 9.59 Å². The van der Waals surface area contributed by atoms with Crippen LogP contribution >= 0.6 is 22.9 Å². The average molecular weight is 398 g/mol. The highest BCUT2D eigenvalue weighted by Crippen LogP contribution is 2.19. The van der Waals surface area contributed by atoms with Gasteiger partial charge >= 0.3 is 0 Å². The number of nitrogens with one attached hydrogen (secondary N) is 2. The minimum Gasteiger partial charge on any atom is -0.322 e. The molecule has 0 spiro atoms. The first-order valence-electron chi connectivity index (χ1n) is 8.08. The number of rotatable bonds is 5. The van der Waals surface area contributed by atoms with Gasteiger partial charge in [0.25, 0.3) is 5.91 Å². The molecule has 0 saturated carbocycles. The summed E-state index contributed by atoms with van der Waals surface area (Å²) >= 11 is 7.37. The number of carbonyl (C=O) groups is 2. The first-order valence-corrected chi connectivity index (χ1v) is 9.34. The van der Waals surface area contributed by atoms with Crippen LogP contribution in [0.1, 0.15) is 21.1 Å². The maximum Gasteiger partial charge on any atom is 0.257 e. The summed E-state index contributed by atoms with van der Waals surface area (Å²) in [5.41, 5.74) is 2.12. The predicted molar refractivity (Wildman–Crippen MR) is 110 cm³/mol. The van der Waals surface area contributed by atoms with Gasteiger partial charge in [-0.2, -0.15) is 0 Å². The number of hydrogen-bond donors (Lipinski definition) is 2. The van der Waals surface area contributed by atoms with E-state index < -0.39 is 0 Å². The van der Waals surface area contributed by atoms with Crippen molar-refractivity contribution in [1.29, 1.82) is 0 Å². The molecule has 0 atom stereocenters. The number of halogens is 1. The van der Waals surface area contributed by atoms with Crippen molar-refractivity contribution < 1.29 is 9.59 Å². The Morgan fingerprint density at radius 1 is 1.07 bits per heavy atom.